The Bertz CT molecular complexity index is 2690. The van der Waals surface area contributed by atoms with Crippen molar-refractivity contribution >= 4 is 17.8 Å². The molecule has 0 heterocycles. The van der Waals surface area contributed by atoms with Crippen LogP contribution < -0.4 is 5.73 Å². The monoisotopic (exact) mass is 763 g/mol. The van der Waals surface area contributed by atoms with Gasteiger partial charge in [0.25, 0.3) is 0 Å². The highest BCUT2D eigenvalue weighted by Crippen LogP contribution is 2.59. The molecular formula is C56H49N3. The lowest BCUT2D eigenvalue weighted by Gasteiger charge is -2.34. The van der Waals surface area contributed by atoms with E-state index >= 15 is 0 Å². The number of allylic oxidation sites excluding steroid dienone is 7. The average Bonchev–Trinajstić information content (AvgIpc) is 3.59. The molecule has 6 aromatic rings. The summed E-state index contributed by atoms with van der Waals surface area (Å²) in [5.41, 5.74) is 22.9. The van der Waals surface area contributed by atoms with E-state index < -0.39 is 5.41 Å². The first kappa shape index (κ1) is 41.2. The zero-order chi connectivity index (χ0) is 41.9. The van der Waals surface area contributed by atoms with E-state index in [1.54, 1.807) is 18.2 Å². The lowest BCUT2D eigenvalue weighted by molar-refractivity contribution is 0.769. The van der Waals surface area contributed by atoms with E-state index in [0.717, 1.165) is 66.8 Å². The van der Waals surface area contributed by atoms with Crippen LogP contribution >= 0.6 is 0 Å². The lowest BCUT2D eigenvalue weighted by Crippen LogP contribution is -2.28. The standard InChI is InChI=1S/C54H43N3.C2H6/c1-5-17-47-46(8-4)53-48-29-28-41(40-19-16-21-43(32-40)52(57)31-38(7-3)36-56)33-50(48)54(44-22-11-9-12-23-44,45-24-13-10-14-25-45)51(53)34-49(47)42-20-15-18-39(30-42)27-26-37(6-2)35-55;1-2/h5-26,28-34H,2,4,27,57H2,1,3H3;1-2H3/b17-5-,37-26+,38-7+,52-31-;. The highest BCUT2D eigenvalue weighted by atomic mass is 14.6. The minimum atomic E-state index is -0.680. The summed E-state index contributed by atoms with van der Waals surface area (Å²) in [5, 5.41) is 19.1. The highest BCUT2D eigenvalue weighted by Gasteiger charge is 2.47. The molecule has 59 heavy (non-hydrogen) atoms. The third-order valence-corrected chi connectivity index (χ3v) is 10.9. The first-order chi connectivity index (χ1) is 28.9. The first-order valence-corrected chi connectivity index (χ1v) is 20.1. The van der Waals surface area contributed by atoms with E-state index in [1.807, 2.05) is 45.1 Å². The molecule has 7 rings (SSSR count). The van der Waals surface area contributed by atoms with Gasteiger partial charge in [0.2, 0.25) is 0 Å². The van der Waals surface area contributed by atoms with Crippen molar-refractivity contribution in [1.29, 1.82) is 10.5 Å². The zero-order valence-electron chi connectivity index (χ0n) is 34.3. The van der Waals surface area contributed by atoms with E-state index in [1.165, 1.54) is 11.1 Å². The van der Waals surface area contributed by atoms with Crippen LogP contribution in [-0.2, 0) is 11.8 Å². The Morgan fingerprint density at radius 3 is 1.92 bits per heavy atom. The average molecular weight is 764 g/mol. The fraction of sp³-hybridized carbons (Fsp3) is 0.107. The van der Waals surface area contributed by atoms with Gasteiger partial charge in [0.15, 0.2) is 0 Å². The molecule has 6 aromatic carbocycles. The van der Waals surface area contributed by atoms with Gasteiger partial charge in [0.1, 0.15) is 0 Å². The quantitative estimate of drug-likeness (QED) is 0.105. The van der Waals surface area contributed by atoms with Crippen molar-refractivity contribution < 1.29 is 0 Å². The van der Waals surface area contributed by atoms with Gasteiger partial charge in [-0.3, -0.25) is 0 Å². The third-order valence-electron chi connectivity index (χ3n) is 10.9. The largest absolute Gasteiger partial charge is 0.398 e. The van der Waals surface area contributed by atoms with Gasteiger partial charge in [-0.05, 0) is 122 Å². The molecule has 0 radical (unpaired) electrons. The minimum Gasteiger partial charge on any atom is -0.398 e. The molecule has 0 saturated carbocycles. The Hall–Kier alpha value is -7.46. The molecule has 0 saturated heterocycles. The summed E-state index contributed by atoms with van der Waals surface area (Å²) in [7, 11) is 0. The second-order valence-electron chi connectivity index (χ2n) is 14.0. The van der Waals surface area contributed by atoms with E-state index in [2.05, 4.69) is 166 Å². The van der Waals surface area contributed by atoms with Crippen molar-refractivity contribution in [2.75, 3.05) is 0 Å². The first-order valence-electron chi connectivity index (χ1n) is 20.1. The maximum atomic E-state index is 9.55. The van der Waals surface area contributed by atoms with E-state index in [-0.39, 0.29) is 0 Å². The molecule has 0 amide bonds. The molecule has 0 bridgehead atoms. The second kappa shape index (κ2) is 18.7. The van der Waals surface area contributed by atoms with Gasteiger partial charge in [-0.15, -0.1) is 0 Å². The maximum absolute atomic E-state index is 9.55. The number of fused-ring (bicyclic) bond motifs is 3. The van der Waals surface area contributed by atoms with Crippen LogP contribution in [0, 0.1) is 22.7 Å². The summed E-state index contributed by atoms with van der Waals surface area (Å²) in [6.07, 6.45) is 13.9. The summed E-state index contributed by atoms with van der Waals surface area (Å²) >= 11 is 0. The van der Waals surface area contributed by atoms with E-state index in [4.69, 9.17) is 5.73 Å². The number of hydrogen-bond donors (Lipinski definition) is 1. The molecular weight excluding hydrogens is 715 g/mol. The zero-order valence-corrected chi connectivity index (χ0v) is 34.3. The number of rotatable bonds is 11. The number of nitriles is 2. The molecule has 0 atom stereocenters. The van der Waals surface area contributed by atoms with Crippen LogP contribution in [0.5, 0.6) is 0 Å². The van der Waals surface area contributed by atoms with E-state index in [0.29, 0.717) is 23.3 Å². The minimum absolute atomic E-state index is 0.516. The van der Waals surface area contributed by atoms with Crippen molar-refractivity contribution in [3.63, 3.8) is 0 Å². The molecule has 288 valence electrons. The van der Waals surface area contributed by atoms with Crippen LogP contribution in [0.25, 0.3) is 51.2 Å². The maximum Gasteiger partial charge on any atom is 0.0988 e. The van der Waals surface area contributed by atoms with Gasteiger partial charge >= 0.3 is 0 Å². The Morgan fingerprint density at radius 1 is 0.661 bits per heavy atom. The van der Waals surface area contributed by atoms with Gasteiger partial charge in [-0.25, -0.2) is 0 Å². The van der Waals surface area contributed by atoms with Crippen molar-refractivity contribution in [2.45, 2.75) is 39.5 Å². The van der Waals surface area contributed by atoms with Crippen molar-refractivity contribution in [3.8, 4) is 45.5 Å². The molecule has 2 N–H and O–H groups in total. The summed E-state index contributed by atoms with van der Waals surface area (Å²) in [5.74, 6) is 0. The van der Waals surface area contributed by atoms with Crippen molar-refractivity contribution in [2.24, 2.45) is 5.73 Å². The van der Waals surface area contributed by atoms with E-state index in [9.17, 15) is 10.5 Å². The number of hydrogen-bond acceptors (Lipinski definition) is 3. The van der Waals surface area contributed by atoms with Gasteiger partial charge in [-0.2, -0.15) is 10.5 Å². The van der Waals surface area contributed by atoms with Crippen LogP contribution in [0.15, 0.2) is 188 Å². The Labute approximate surface area is 350 Å². The predicted octanol–water partition coefficient (Wildman–Crippen LogP) is 14.0. The second-order valence-corrected chi connectivity index (χ2v) is 14.0. The van der Waals surface area contributed by atoms with Gasteiger partial charge < -0.3 is 5.73 Å². The molecule has 1 aliphatic carbocycles. The molecule has 1 aliphatic rings. The fourth-order valence-electron chi connectivity index (χ4n) is 8.24. The SMILES string of the molecule is C=C/C(C#N)=C\Cc1cccc(-c2cc3c(c(C=C)c2/C=C\C)-c2ccc(-c4cccc(/C(N)=C/C(C#N)=C\C)c4)cc2C3(c2ccccc2)c2ccccc2)c1.CC. The molecule has 0 unspecified atom stereocenters. The van der Waals surface area contributed by atoms with Gasteiger partial charge in [0, 0.05) is 16.8 Å². The highest BCUT2D eigenvalue weighted by molar-refractivity contribution is 5.98. The number of nitrogens with zero attached hydrogens (tertiary/aromatic N) is 2. The molecule has 0 aliphatic heterocycles. The van der Waals surface area contributed by atoms with Gasteiger partial charge in [0.05, 0.1) is 17.6 Å². The summed E-state index contributed by atoms with van der Waals surface area (Å²) in [6, 6.07) is 52.1. The Kier molecular flexibility index (Phi) is 13.0. The normalized spacial score (nSPS) is 13.0. The van der Waals surface area contributed by atoms with Crippen LogP contribution in [0.4, 0.5) is 0 Å². The van der Waals surface area contributed by atoms with Crippen molar-refractivity contribution in [1.82, 2.24) is 0 Å². The predicted molar refractivity (Wildman–Crippen MR) is 250 cm³/mol. The molecule has 0 fully saturated rings. The van der Waals surface area contributed by atoms with Crippen LogP contribution in [0.1, 0.15) is 72.2 Å². The third kappa shape index (κ3) is 7.80. The van der Waals surface area contributed by atoms with Gasteiger partial charge in [-0.1, -0.05) is 179 Å². The fourth-order valence-corrected chi connectivity index (χ4v) is 8.24. The number of nitrogens with two attached hydrogens (primary N) is 1. The molecule has 0 aromatic heterocycles. The summed E-state index contributed by atoms with van der Waals surface area (Å²) in [4.78, 5) is 0. The molecule has 3 heteroatoms. The topological polar surface area (TPSA) is 73.6 Å². The lowest BCUT2D eigenvalue weighted by atomic mass is 9.66. The summed E-state index contributed by atoms with van der Waals surface area (Å²) in [6.45, 7) is 16.1. The Morgan fingerprint density at radius 2 is 1.31 bits per heavy atom. The smallest absolute Gasteiger partial charge is 0.0988 e. The van der Waals surface area contributed by atoms with Crippen molar-refractivity contribution in [3.05, 3.63) is 233 Å². The summed E-state index contributed by atoms with van der Waals surface area (Å²) < 4.78 is 0. The van der Waals surface area contributed by atoms with Crippen LogP contribution in [0.2, 0.25) is 0 Å². The van der Waals surface area contributed by atoms with Crippen LogP contribution in [-0.4, -0.2) is 0 Å². The molecule has 3 nitrogen and oxygen atoms in total. The number of benzene rings is 6. The van der Waals surface area contributed by atoms with Crippen LogP contribution in [0.3, 0.4) is 0 Å². The molecule has 0 spiro atoms. The Balaban J connectivity index is 0.00000288.